The molecule has 0 radical (unpaired) electrons. The van der Waals surface area contributed by atoms with Crippen LogP contribution in [0.2, 0.25) is 0 Å². The maximum absolute atomic E-state index is 12.1. The van der Waals surface area contributed by atoms with Gasteiger partial charge in [-0.2, -0.15) is 0 Å². The molecular weight excluding hydrogens is 262 g/mol. The second-order valence-electron chi connectivity index (χ2n) is 5.17. The summed E-state index contributed by atoms with van der Waals surface area (Å²) in [4.78, 5) is 0.331. The molecule has 0 amide bonds. The summed E-state index contributed by atoms with van der Waals surface area (Å²) in [6.45, 7) is 1.68. The van der Waals surface area contributed by atoms with Gasteiger partial charge in [0.05, 0.1) is 28.5 Å². The largest absolute Gasteiger partial charge is 0.394 e. The number of hydrogen-bond donors (Lipinski definition) is 2. The van der Waals surface area contributed by atoms with Crippen LogP contribution >= 0.6 is 0 Å². The summed E-state index contributed by atoms with van der Waals surface area (Å²) in [6, 6.07) is 6.95. The molecule has 0 saturated heterocycles. The predicted octanol–water partition coefficient (Wildman–Crippen LogP) is 2.20. The van der Waals surface area contributed by atoms with E-state index in [4.69, 9.17) is 0 Å². The van der Waals surface area contributed by atoms with Crippen LogP contribution in [0.25, 0.3) is 0 Å². The Kier molecular flexibility index (Phi) is 4.16. The fraction of sp³-hybridized carbons (Fsp3) is 0.571. The number of benzene rings is 1. The molecule has 1 saturated carbocycles. The van der Waals surface area contributed by atoms with Crippen molar-refractivity contribution in [1.82, 2.24) is 0 Å². The third-order valence-electron chi connectivity index (χ3n) is 3.87. The molecule has 0 aliphatic heterocycles. The van der Waals surface area contributed by atoms with Gasteiger partial charge < -0.3 is 10.4 Å². The van der Waals surface area contributed by atoms with Crippen LogP contribution in [0.15, 0.2) is 29.2 Å². The monoisotopic (exact) mass is 283 g/mol. The van der Waals surface area contributed by atoms with Crippen molar-refractivity contribution in [3.63, 3.8) is 0 Å². The fourth-order valence-corrected chi connectivity index (χ4v) is 3.71. The molecule has 1 fully saturated rings. The van der Waals surface area contributed by atoms with Crippen LogP contribution in [0.3, 0.4) is 0 Å². The van der Waals surface area contributed by atoms with Crippen LogP contribution in [0.4, 0.5) is 5.69 Å². The zero-order valence-electron chi connectivity index (χ0n) is 11.2. The van der Waals surface area contributed by atoms with E-state index in [0.717, 1.165) is 25.7 Å². The molecule has 1 aliphatic rings. The van der Waals surface area contributed by atoms with Crippen molar-refractivity contribution in [1.29, 1.82) is 0 Å². The molecule has 2 N–H and O–H groups in total. The van der Waals surface area contributed by atoms with Crippen molar-refractivity contribution < 1.29 is 13.5 Å². The zero-order valence-corrected chi connectivity index (χ0v) is 12.0. The molecule has 2 rings (SSSR count). The van der Waals surface area contributed by atoms with Gasteiger partial charge in [0.1, 0.15) is 0 Å². The summed E-state index contributed by atoms with van der Waals surface area (Å²) >= 11 is 0. The van der Waals surface area contributed by atoms with E-state index in [9.17, 15) is 13.5 Å². The number of para-hydroxylation sites is 1. The standard InChI is InChI=1S/C14H21NO3S/c1-2-19(17,18)13-8-4-3-7-12(13)15-14(11-16)9-5-6-10-14/h3-4,7-8,15-16H,2,5-6,9-11H2,1H3. The molecule has 19 heavy (non-hydrogen) atoms. The first-order valence-corrected chi connectivity index (χ1v) is 8.39. The number of rotatable bonds is 5. The van der Waals surface area contributed by atoms with E-state index >= 15 is 0 Å². The van der Waals surface area contributed by atoms with Crippen molar-refractivity contribution in [2.24, 2.45) is 0 Å². The predicted molar refractivity (Wildman–Crippen MR) is 76.1 cm³/mol. The average molecular weight is 283 g/mol. The van der Waals surface area contributed by atoms with Gasteiger partial charge in [-0.1, -0.05) is 31.9 Å². The van der Waals surface area contributed by atoms with E-state index in [1.807, 2.05) is 6.07 Å². The maximum atomic E-state index is 12.1. The SMILES string of the molecule is CCS(=O)(=O)c1ccccc1NC1(CO)CCCC1. The number of aliphatic hydroxyl groups is 1. The Morgan fingerprint density at radius 3 is 2.47 bits per heavy atom. The summed E-state index contributed by atoms with van der Waals surface area (Å²) in [5, 5.41) is 12.9. The van der Waals surface area contributed by atoms with Gasteiger partial charge in [-0.15, -0.1) is 0 Å². The maximum Gasteiger partial charge on any atom is 0.180 e. The van der Waals surface area contributed by atoms with Crippen molar-refractivity contribution in [2.45, 2.75) is 43.0 Å². The summed E-state index contributed by atoms with van der Waals surface area (Å²) in [6.07, 6.45) is 3.89. The molecular formula is C14H21NO3S. The average Bonchev–Trinajstić information content (AvgIpc) is 2.88. The number of anilines is 1. The molecule has 1 aromatic rings. The molecule has 106 valence electrons. The summed E-state index contributed by atoms with van der Waals surface area (Å²) in [7, 11) is -3.25. The van der Waals surface area contributed by atoms with Crippen LogP contribution < -0.4 is 5.32 Å². The van der Waals surface area contributed by atoms with Crippen LogP contribution in [0, 0.1) is 0 Å². The summed E-state index contributed by atoms with van der Waals surface area (Å²) < 4.78 is 24.2. The third kappa shape index (κ3) is 2.92. The Bertz CT molecular complexity index is 533. The fourth-order valence-electron chi connectivity index (χ4n) is 2.66. The van der Waals surface area contributed by atoms with E-state index in [1.54, 1.807) is 25.1 Å². The van der Waals surface area contributed by atoms with Crippen LogP contribution in [0.1, 0.15) is 32.6 Å². The van der Waals surface area contributed by atoms with Crippen molar-refractivity contribution >= 4 is 15.5 Å². The van der Waals surface area contributed by atoms with Gasteiger partial charge in [-0.25, -0.2) is 8.42 Å². The lowest BCUT2D eigenvalue weighted by Gasteiger charge is -2.30. The van der Waals surface area contributed by atoms with E-state index in [1.165, 1.54) is 0 Å². The highest BCUT2D eigenvalue weighted by Crippen LogP contribution is 2.34. The van der Waals surface area contributed by atoms with Gasteiger partial charge in [0, 0.05) is 0 Å². The number of hydrogen-bond acceptors (Lipinski definition) is 4. The van der Waals surface area contributed by atoms with E-state index in [-0.39, 0.29) is 17.9 Å². The molecule has 1 aromatic carbocycles. The van der Waals surface area contributed by atoms with Gasteiger partial charge in [0.2, 0.25) is 0 Å². The minimum absolute atomic E-state index is 0.0352. The molecule has 0 atom stereocenters. The molecule has 4 nitrogen and oxygen atoms in total. The lowest BCUT2D eigenvalue weighted by Crippen LogP contribution is -2.39. The number of nitrogens with one attached hydrogen (secondary N) is 1. The van der Waals surface area contributed by atoms with E-state index < -0.39 is 9.84 Å². The van der Waals surface area contributed by atoms with Gasteiger partial charge in [-0.05, 0) is 25.0 Å². The van der Waals surface area contributed by atoms with Gasteiger partial charge in [0.15, 0.2) is 9.84 Å². The van der Waals surface area contributed by atoms with Crippen molar-refractivity contribution in [2.75, 3.05) is 17.7 Å². The third-order valence-corrected chi connectivity index (χ3v) is 5.65. The molecule has 0 spiro atoms. The first-order valence-electron chi connectivity index (χ1n) is 6.74. The van der Waals surface area contributed by atoms with E-state index in [2.05, 4.69) is 5.32 Å². The molecule has 0 heterocycles. The quantitative estimate of drug-likeness (QED) is 0.869. The molecule has 0 bridgehead atoms. The summed E-state index contributed by atoms with van der Waals surface area (Å²) in [5.74, 6) is 0.0812. The van der Waals surface area contributed by atoms with Crippen LogP contribution in [-0.4, -0.2) is 31.4 Å². The minimum Gasteiger partial charge on any atom is -0.394 e. The number of aliphatic hydroxyl groups excluding tert-OH is 1. The smallest absolute Gasteiger partial charge is 0.180 e. The Hall–Kier alpha value is -1.07. The van der Waals surface area contributed by atoms with Crippen molar-refractivity contribution in [3.8, 4) is 0 Å². The Balaban J connectivity index is 2.36. The van der Waals surface area contributed by atoms with Crippen LogP contribution in [0.5, 0.6) is 0 Å². The zero-order chi connectivity index (χ0) is 13.9. The first kappa shape index (κ1) is 14.3. The highest BCUT2D eigenvalue weighted by Gasteiger charge is 2.34. The highest BCUT2D eigenvalue weighted by molar-refractivity contribution is 7.91. The molecule has 1 aliphatic carbocycles. The Morgan fingerprint density at radius 2 is 1.89 bits per heavy atom. The lowest BCUT2D eigenvalue weighted by atomic mass is 9.98. The lowest BCUT2D eigenvalue weighted by molar-refractivity contribution is 0.214. The van der Waals surface area contributed by atoms with Crippen LogP contribution in [-0.2, 0) is 9.84 Å². The highest BCUT2D eigenvalue weighted by atomic mass is 32.2. The normalized spacial score (nSPS) is 18.4. The molecule has 0 aromatic heterocycles. The van der Waals surface area contributed by atoms with E-state index in [0.29, 0.717) is 10.6 Å². The van der Waals surface area contributed by atoms with Crippen molar-refractivity contribution in [3.05, 3.63) is 24.3 Å². The first-order chi connectivity index (χ1) is 9.03. The summed E-state index contributed by atoms with van der Waals surface area (Å²) in [5.41, 5.74) is 0.250. The second kappa shape index (κ2) is 5.51. The molecule has 5 heteroatoms. The Labute approximate surface area is 114 Å². The van der Waals surface area contributed by atoms with Gasteiger partial charge >= 0.3 is 0 Å². The second-order valence-corrected chi connectivity index (χ2v) is 7.42. The number of sulfone groups is 1. The molecule has 0 unspecified atom stereocenters. The van der Waals surface area contributed by atoms with Gasteiger partial charge in [0.25, 0.3) is 0 Å². The van der Waals surface area contributed by atoms with Gasteiger partial charge in [-0.3, -0.25) is 0 Å². The topological polar surface area (TPSA) is 66.4 Å². The Morgan fingerprint density at radius 1 is 1.26 bits per heavy atom. The minimum atomic E-state index is -3.25.